The second-order valence-electron chi connectivity index (χ2n) is 6.03. The Morgan fingerprint density at radius 3 is 2.17 bits per heavy atom. The molecule has 0 aromatic rings. The van der Waals surface area contributed by atoms with Gasteiger partial charge in [0.05, 0.1) is 0 Å². The number of nitrogens with one attached hydrogen (secondary N) is 1. The van der Waals surface area contributed by atoms with Crippen molar-refractivity contribution in [2.45, 2.75) is 46.1 Å². The van der Waals surface area contributed by atoms with E-state index in [4.69, 9.17) is 0 Å². The van der Waals surface area contributed by atoms with Gasteiger partial charge in [0, 0.05) is 25.7 Å². The van der Waals surface area contributed by atoms with Crippen molar-refractivity contribution in [2.75, 3.05) is 47.3 Å². The van der Waals surface area contributed by atoms with Crippen LogP contribution in [0.5, 0.6) is 0 Å². The fourth-order valence-corrected chi connectivity index (χ4v) is 2.27. The molecule has 0 amide bonds. The van der Waals surface area contributed by atoms with Crippen molar-refractivity contribution < 1.29 is 0 Å². The van der Waals surface area contributed by atoms with Gasteiger partial charge in [-0.15, -0.1) is 0 Å². The minimum atomic E-state index is 0.694. The van der Waals surface area contributed by atoms with Crippen LogP contribution in [0.2, 0.25) is 0 Å². The summed E-state index contributed by atoms with van der Waals surface area (Å²) in [7, 11) is 6.38. The second kappa shape index (κ2) is 10.8. The van der Waals surface area contributed by atoms with Crippen molar-refractivity contribution in [3.63, 3.8) is 0 Å². The Bertz CT molecular complexity index is 177. The molecule has 0 rings (SSSR count). The molecule has 3 nitrogen and oxygen atoms in total. The normalized spacial score (nSPS) is 13.8. The first-order valence-corrected chi connectivity index (χ1v) is 7.53. The van der Waals surface area contributed by atoms with Gasteiger partial charge < -0.3 is 15.1 Å². The van der Waals surface area contributed by atoms with Gasteiger partial charge in [0.2, 0.25) is 0 Å². The highest BCUT2D eigenvalue weighted by Gasteiger charge is 2.09. The van der Waals surface area contributed by atoms with Gasteiger partial charge in [0.25, 0.3) is 0 Å². The SMILES string of the molecule is CCC(CCCN(CCN(C)C)CC(C)C)NC. The van der Waals surface area contributed by atoms with Gasteiger partial charge in [-0.05, 0) is 52.9 Å². The number of rotatable bonds is 11. The lowest BCUT2D eigenvalue weighted by atomic mass is 10.1. The molecule has 0 aliphatic heterocycles. The molecule has 0 aromatic heterocycles. The van der Waals surface area contributed by atoms with Crippen molar-refractivity contribution in [3.05, 3.63) is 0 Å². The van der Waals surface area contributed by atoms with E-state index < -0.39 is 0 Å². The van der Waals surface area contributed by atoms with Crippen LogP contribution in [-0.2, 0) is 0 Å². The standard InChI is InChI=1S/C15H35N3/c1-7-15(16-4)9-8-10-18(13-14(2)3)12-11-17(5)6/h14-16H,7-13H2,1-6H3. The third kappa shape index (κ3) is 9.86. The number of hydrogen-bond acceptors (Lipinski definition) is 3. The summed E-state index contributed by atoms with van der Waals surface area (Å²) in [6, 6.07) is 0.694. The van der Waals surface area contributed by atoms with Crippen molar-refractivity contribution in [1.29, 1.82) is 0 Å². The van der Waals surface area contributed by atoms with E-state index in [2.05, 4.69) is 57.0 Å². The van der Waals surface area contributed by atoms with Gasteiger partial charge in [0.15, 0.2) is 0 Å². The summed E-state index contributed by atoms with van der Waals surface area (Å²) in [6.45, 7) is 11.7. The quantitative estimate of drug-likeness (QED) is 0.613. The van der Waals surface area contributed by atoms with E-state index in [9.17, 15) is 0 Å². The first kappa shape index (κ1) is 17.9. The smallest absolute Gasteiger partial charge is 0.0109 e. The van der Waals surface area contributed by atoms with Crippen LogP contribution in [-0.4, -0.2) is 63.2 Å². The van der Waals surface area contributed by atoms with Gasteiger partial charge in [0.1, 0.15) is 0 Å². The topological polar surface area (TPSA) is 18.5 Å². The highest BCUT2D eigenvalue weighted by Crippen LogP contribution is 2.05. The minimum Gasteiger partial charge on any atom is -0.317 e. The molecule has 0 radical (unpaired) electrons. The van der Waals surface area contributed by atoms with E-state index in [1.54, 1.807) is 0 Å². The van der Waals surface area contributed by atoms with E-state index in [1.165, 1.54) is 38.9 Å². The van der Waals surface area contributed by atoms with Crippen molar-refractivity contribution in [3.8, 4) is 0 Å². The highest BCUT2D eigenvalue weighted by atomic mass is 15.2. The Labute approximate surface area is 115 Å². The average Bonchev–Trinajstić information content (AvgIpc) is 2.30. The van der Waals surface area contributed by atoms with E-state index in [-0.39, 0.29) is 0 Å². The molecule has 0 spiro atoms. The monoisotopic (exact) mass is 257 g/mol. The van der Waals surface area contributed by atoms with Gasteiger partial charge in [-0.1, -0.05) is 20.8 Å². The van der Waals surface area contributed by atoms with Crippen LogP contribution in [0, 0.1) is 5.92 Å². The fraction of sp³-hybridized carbons (Fsp3) is 1.00. The highest BCUT2D eigenvalue weighted by molar-refractivity contribution is 4.66. The van der Waals surface area contributed by atoms with Gasteiger partial charge >= 0.3 is 0 Å². The van der Waals surface area contributed by atoms with E-state index >= 15 is 0 Å². The van der Waals surface area contributed by atoms with Gasteiger partial charge in [-0.3, -0.25) is 0 Å². The lowest BCUT2D eigenvalue weighted by Gasteiger charge is -2.26. The predicted molar refractivity (Wildman–Crippen MR) is 82.2 cm³/mol. The van der Waals surface area contributed by atoms with Crippen LogP contribution in [0.4, 0.5) is 0 Å². The molecule has 3 heteroatoms. The summed E-state index contributed by atoms with van der Waals surface area (Å²) in [5, 5.41) is 3.39. The third-order valence-electron chi connectivity index (χ3n) is 3.41. The van der Waals surface area contributed by atoms with E-state index in [1.807, 2.05) is 0 Å². The van der Waals surface area contributed by atoms with Crippen molar-refractivity contribution in [2.24, 2.45) is 5.92 Å². The molecule has 0 saturated heterocycles. The van der Waals surface area contributed by atoms with Crippen LogP contribution in [0.25, 0.3) is 0 Å². The van der Waals surface area contributed by atoms with Gasteiger partial charge in [-0.25, -0.2) is 0 Å². The van der Waals surface area contributed by atoms with Gasteiger partial charge in [-0.2, -0.15) is 0 Å². The Kier molecular flexibility index (Phi) is 10.7. The molecule has 0 fully saturated rings. The maximum absolute atomic E-state index is 3.39. The lowest BCUT2D eigenvalue weighted by Crippen LogP contribution is -2.35. The molecular formula is C15H35N3. The molecule has 110 valence electrons. The van der Waals surface area contributed by atoms with Crippen LogP contribution in [0.3, 0.4) is 0 Å². The molecule has 18 heavy (non-hydrogen) atoms. The van der Waals surface area contributed by atoms with Crippen LogP contribution >= 0.6 is 0 Å². The molecule has 0 bridgehead atoms. The summed E-state index contributed by atoms with van der Waals surface area (Å²) < 4.78 is 0. The number of nitrogens with zero attached hydrogens (tertiary/aromatic N) is 2. The molecule has 1 atom stereocenters. The Morgan fingerprint density at radius 2 is 1.72 bits per heavy atom. The molecule has 0 saturated carbocycles. The number of likely N-dealkylation sites (N-methyl/N-ethyl adjacent to an activating group) is 1. The zero-order chi connectivity index (χ0) is 14.0. The Morgan fingerprint density at radius 1 is 1.06 bits per heavy atom. The zero-order valence-electron chi connectivity index (χ0n) is 13.5. The maximum Gasteiger partial charge on any atom is 0.0109 e. The average molecular weight is 257 g/mol. The summed E-state index contributed by atoms with van der Waals surface area (Å²) >= 11 is 0. The fourth-order valence-electron chi connectivity index (χ4n) is 2.27. The van der Waals surface area contributed by atoms with Crippen molar-refractivity contribution in [1.82, 2.24) is 15.1 Å². The second-order valence-corrected chi connectivity index (χ2v) is 6.03. The molecule has 1 N–H and O–H groups in total. The molecule has 0 aliphatic rings. The molecule has 1 unspecified atom stereocenters. The maximum atomic E-state index is 3.39. The first-order chi connectivity index (χ1) is 8.49. The summed E-state index contributed by atoms with van der Waals surface area (Å²) in [5.74, 6) is 0.762. The summed E-state index contributed by atoms with van der Waals surface area (Å²) in [5.41, 5.74) is 0. The molecule has 0 aliphatic carbocycles. The third-order valence-corrected chi connectivity index (χ3v) is 3.41. The Balaban J connectivity index is 3.91. The Hall–Kier alpha value is -0.120. The largest absolute Gasteiger partial charge is 0.317 e. The van der Waals surface area contributed by atoms with Crippen molar-refractivity contribution >= 4 is 0 Å². The number of hydrogen-bond donors (Lipinski definition) is 1. The van der Waals surface area contributed by atoms with Crippen LogP contribution in [0.15, 0.2) is 0 Å². The molecule has 0 heterocycles. The zero-order valence-corrected chi connectivity index (χ0v) is 13.5. The first-order valence-electron chi connectivity index (χ1n) is 7.53. The summed E-state index contributed by atoms with van der Waals surface area (Å²) in [6.07, 6.45) is 3.83. The lowest BCUT2D eigenvalue weighted by molar-refractivity contribution is 0.213. The molecular weight excluding hydrogens is 222 g/mol. The van der Waals surface area contributed by atoms with E-state index in [0.717, 1.165) is 12.5 Å². The van der Waals surface area contributed by atoms with E-state index in [0.29, 0.717) is 6.04 Å². The minimum absolute atomic E-state index is 0.694. The van der Waals surface area contributed by atoms with Crippen LogP contribution in [0.1, 0.15) is 40.0 Å². The molecule has 0 aromatic carbocycles. The predicted octanol–water partition coefficient (Wildman–Crippen LogP) is 2.28. The summed E-state index contributed by atoms with van der Waals surface area (Å²) in [4.78, 5) is 4.89. The van der Waals surface area contributed by atoms with Crippen LogP contribution < -0.4 is 5.32 Å².